The number of aromatic nitrogens is 2. The summed E-state index contributed by atoms with van der Waals surface area (Å²) >= 11 is 0. The van der Waals surface area contributed by atoms with Crippen LogP contribution in [-0.2, 0) is 12.5 Å². The third-order valence-corrected chi connectivity index (χ3v) is 6.33. The van der Waals surface area contributed by atoms with Crippen LogP contribution in [0.3, 0.4) is 0 Å². The van der Waals surface area contributed by atoms with Crippen molar-refractivity contribution in [3.8, 4) is 11.8 Å². The van der Waals surface area contributed by atoms with Gasteiger partial charge >= 0.3 is 0 Å². The fourth-order valence-electron chi connectivity index (χ4n) is 4.34. The van der Waals surface area contributed by atoms with Gasteiger partial charge in [0, 0.05) is 28.9 Å². The van der Waals surface area contributed by atoms with Gasteiger partial charge in [0.2, 0.25) is 0 Å². The maximum atomic E-state index is 14.9. The van der Waals surface area contributed by atoms with E-state index in [0.717, 1.165) is 0 Å². The number of halogens is 2. The standard InChI is InChI=1S/C28H21F2N5O3/c1-38-24-12-7-18(15-19(24)16-31)26(36)33-23-17-32-35-14-13-34(27(37)25(23)35)22-10-8-21(9-11-22)28(29,30)20-5-3-2-4-6-20/h2-12,15,17H,13-14H2,1H3,(H,33,36). The minimum absolute atomic E-state index is 0.121. The van der Waals surface area contributed by atoms with E-state index in [1.807, 2.05) is 6.07 Å². The van der Waals surface area contributed by atoms with Gasteiger partial charge in [0.15, 0.2) is 0 Å². The molecule has 0 unspecified atom stereocenters. The number of alkyl halides is 2. The van der Waals surface area contributed by atoms with Crippen LogP contribution in [0.25, 0.3) is 0 Å². The molecule has 0 saturated heterocycles. The molecule has 0 bridgehead atoms. The van der Waals surface area contributed by atoms with E-state index in [4.69, 9.17) is 4.74 Å². The van der Waals surface area contributed by atoms with Crippen molar-refractivity contribution < 1.29 is 23.1 Å². The van der Waals surface area contributed by atoms with Gasteiger partial charge in [0.05, 0.1) is 31.1 Å². The highest BCUT2D eigenvalue weighted by Gasteiger charge is 2.35. The molecular weight excluding hydrogens is 492 g/mol. The largest absolute Gasteiger partial charge is 0.495 e. The first-order chi connectivity index (χ1) is 18.3. The van der Waals surface area contributed by atoms with Crippen LogP contribution in [0, 0.1) is 11.3 Å². The minimum Gasteiger partial charge on any atom is -0.495 e. The predicted octanol–water partition coefficient (Wildman–Crippen LogP) is 4.82. The molecule has 5 rings (SSSR count). The lowest BCUT2D eigenvalue weighted by Crippen LogP contribution is -2.41. The molecule has 10 heteroatoms. The van der Waals surface area contributed by atoms with Crippen LogP contribution in [0.2, 0.25) is 0 Å². The van der Waals surface area contributed by atoms with Crippen molar-refractivity contribution in [1.82, 2.24) is 9.78 Å². The van der Waals surface area contributed by atoms with Crippen molar-refractivity contribution in [1.29, 1.82) is 5.26 Å². The highest BCUT2D eigenvalue weighted by Crippen LogP contribution is 2.36. The van der Waals surface area contributed by atoms with Crippen LogP contribution in [0.15, 0.2) is 79.0 Å². The number of anilines is 2. The zero-order valence-corrected chi connectivity index (χ0v) is 20.2. The number of methoxy groups -OCH3 is 1. The molecule has 0 saturated carbocycles. The molecule has 1 N–H and O–H groups in total. The fourth-order valence-corrected chi connectivity index (χ4v) is 4.34. The molecule has 3 aromatic carbocycles. The summed E-state index contributed by atoms with van der Waals surface area (Å²) < 4.78 is 36.5. The zero-order valence-electron chi connectivity index (χ0n) is 20.2. The Morgan fingerprint density at radius 3 is 2.45 bits per heavy atom. The van der Waals surface area contributed by atoms with Crippen molar-refractivity contribution in [2.45, 2.75) is 12.5 Å². The van der Waals surface area contributed by atoms with Crippen LogP contribution in [-0.4, -0.2) is 35.2 Å². The monoisotopic (exact) mass is 513 g/mol. The molecule has 0 atom stereocenters. The van der Waals surface area contributed by atoms with Gasteiger partial charge < -0.3 is 15.0 Å². The number of hydrogen-bond donors (Lipinski definition) is 1. The summed E-state index contributed by atoms with van der Waals surface area (Å²) in [6.45, 7) is 0.624. The Morgan fingerprint density at radius 1 is 1.05 bits per heavy atom. The smallest absolute Gasteiger partial charge is 0.298 e. The van der Waals surface area contributed by atoms with E-state index in [1.165, 1.54) is 77.5 Å². The number of nitrogens with zero attached hydrogens (tertiary/aromatic N) is 4. The van der Waals surface area contributed by atoms with Crippen molar-refractivity contribution in [3.05, 3.63) is 107 Å². The second kappa shape index (κ2) is 9.78. The van der Waals surface area contributed by atoms with Gasteiger partial charge in [-0.15, -0.1) is 0 Å². The molecule has 190 valence electrons. The van der Waals surface area contributed by atoms with E-state index in [1.54, 1.807) is 18.2 Å². The molecule has 2 heterocycles. The molecule has 4 aromatic rings. The van der Waals surface area contributed by atoms with Crippen LogP contribution < -0.4 is 15.0 Å². The summed E-state index contributed by atoms with van der Waals surface area (Å²) in [7, 11) is 1.43. The van der Waals surface area contributed by atoms with E-state index in [0.29, 0.717) is 18.0 Å². The van der Waals surface area contributed by atoms with Crippen LogP contribution in [0.4, 0.5) is 20.2 Å². The van der Waals surface area contributed by atoms with Gasteiger partial charge in [-0.1, -0.05) is 42.5 Å². The number of hydrogen-bond acceptors (Lipinski definition) is 5. The Bertz CT molecular complexity index is 1560. The maximum Gasteiger partial charge on any atom is 0.298 e. The first-order valence-electron chi connectivity index (χ1n) is 11.6. The number of benzene rings is 3. The Kier molecular flexibility index (Phi) is 6.34. The average Bonchev–Trinajstić information content (AvgIpc) is 3.36. The zero-order chi connectivity index (χ0) is 26.9. The molecule has 0 spiro atoms. The maximum absolute atomic E-state index is 14.9. The van der Waals surface area contributed by atoms with Gasteiger partial charge in [-0.25, -0.2) is 0 Å². The van der Waals surface area contributed by atoms with Crippen molar-refractivity contribution in [2.75, 3.05) is 23.9 Å². The first kappa shape index (κ1) is 24.6. The molecule has 0 radical (unpaired) electrons. The number of ether oxygens (including phenoxy) is 1. The average molecular weight is 514 g/mol. The SMILES string of the molecule is COc1ccc(C(=O)Nc2cnn3c2C(=O)N(c2ccc(C(F)(F)c4ccccc4)cc2)CC3)cc1C#N. The second-order valence-corrected chi connectivity index (χ2v) is 8.56. The van der Waals surface area contributed by atoms with E-state index in [-0.39, 0.29) is 40.2 Å². The normalized spacial score (nSPS) is 13.0. The number of carbonyl (C=O) groups excluding carboxylic acids is 2. The summed E-state index contributed by atoms with van der Waals surface area (Å²) in [5.74, 6) is -3.81. The number of amides is 2. The Balaban J connectivity index is 1.37. The number of carbonyl (C=O) groups is 2. The second-order valence-electron chi connectivity index (χ2n) is 8.56. The Labute approximate surface area is 216 Å². The molecule has 0 aliphatic carbocycles. The van der Waals surface area contributed by atoms with E-state index in [2.05, 4.69) is 10.4 Å². The molecule has 2 amide bonds. The third-order valence-electron chi connectivity index (χ3n) is 6.33. The molecular formula is C28H21F2N5O3. The lowest BCUT2D eigenvalue weighted by atomic mass is 10.00. The number of rotatable bonds is 6. The topological polar surface area (TPSA) is 100 Å². The predicted molar refractivity (Wildman–Crippen MR) is 135 cm³/mol. The molecule has 1 aromatic heterocycles. The van der Waals surface area contributed by atoms with Gasteiger partial charge in [0.1, 0.15) is 17.5 Å². The minimum atomic E-state index is -3.19. The van der Waals surface area contributed by atoms with E-state index in [9.17, 15) is 23.6 Å². The summed E-state index contributed by atoms with van der Waals surface area (Å²) in [5.41, 5.74) is 0.902. The number of fused-ring (bicyclic) bond motifs is 1. The van der Waals surface area contributed by atoms with E-state index < -0.39 is 17.7 Å². The highest BCUT2D eigenvalue weighted by molar-refractivity contribution is 6.13. The van der Waals surface area contributed by atoms with Crippen molar-refractivity contribution in [3.63, 3.8) is 0 Å². The highest BCUT2D eigenvalue weighted by atomic mass is 19.3. The third kappa shape index (κ3) is 4.35. The van der Waals surface area contributed by atoms with Crippen LogP contribution in [0.1, 0.15) is 37.5 Å². The van der Waals surface area contributed by atoms with Crippen molar-refractivity contribution >= 4 is 23.2 Å². The fraction of sp³-hybridized carbons (Fsp3) is 0.143. The number of nitrogens with one attached hydrogen (secondary N) is 1. The van der Waals surface area contributed by atoms with Gasteiger partial charge in [0.25, 0.3) is 17.7 Å². The molecule has 38 heavy (non-hydrogen) atoms. The first-order valence-corrected chi connectivity index (χ1v) is 11.6. The molecule has 8 nitrogen and oxygen atoms in total. The van der Waals surface area contributed by atoms with Crippen LogP contribution in [0.5, 0.6) is 5.75 Å². The summed E-state index contributed by atoms with van der Waals surface area (Å²) in [6.07, 6.45) is 1.38. The molecule has 0 fully saturated rings. The molecule has 1 aliphatic heterocycles. The Morgan fingerprint density at radius 2 is 1.76 bits per heavy atom. The number of nitriles is 1. The van der Waals surface area contributed by atoms with Crippen molar-refractivity contribution in [2.24, 2.45) is 0 Å². The van der Waals surface area contributed by atoms with E-state index >= 15 is 0 Å². The van der Waals surface area contributed by atoms with Gasteiger partial charge in [-0.2, -0.15) is 19.1 Å². The van der Waals surface area contributed by atoms with Crippen LogP contribution >= 0.6 is 0 Å². The van der Waals surface area contributed by atoms with Gasteiger partial charge in [-0.05, 0) is 30.3 Å². The lowest BCUT2D eigenvalue weighted by Gasteiger charge is -2.28. The lowest BCUT2D eigenvalue weighted by molar-refractivity contribution is 0.0428. The molecule has 1 aliphatic rings. The Hall–Kier alpha value is -5.04. The van der Waals surface area contributed by atoms with Gasteiger partial charge in [-0.3, -0.25) is 14.3 Å². The summed E-state index contributed by atoms with van der Waals surface area (Å²) in [5, 5.41) is 16.2. The quantitative estimate of drug-likeness (QED) is 0.399. The summed E-state index contributed by atoms with van der Waals surface area (Å²) in [4.78, 5) is 27.7. The summed E-state index contributed by atoms with van der Waals surface area (Å²) in [6, 6.07) is 19.5.